The van der Waals surface area contributed by atoms with Crippen LogP contribution in [0, 0.1) is 5.92 Å². The zero-order valence-corrected chi connectivity index (χ0v) is 19.2. The molecule has 0 spiro atoms. The lowest BCUT2D eigenvalue weighted by Gasteiger charge is -2.15. The normalized spacial score (nSPS) is 15.1. The molecule has 180 valence electrons. The van der Waals surface area contributed by atoms with E-state index in [0.29, 0.717) is 5.69 Å². The van der Waals surface area contributed by atoms with E-state index in [2.05, 4.69) is 27.9 Å². The number of aryl methyl sites for hydroxylation is 1. The van der Waals surface area contributed by atoms with Gasteiger partial charge in [-0.05, 0) is 41.0 Å². The second-order valence-electron chi connectivity index (χ2n) is 8.93. The summed E-state index contributed by atoms with van der Waals surface area (Å²) in [5.74, 6) is -1.68. The van der Waals surface area contributed by atoms with Crippen LogP contribution in [0.2, 0.25) is 0 Å². The summed E-state index contributed by atoms with van der Waals surface area (Å²) in [6.45, 7) is 0.192. The fourth-order valence-corrected chi connectivity index (χ4v) is 4.70. The molecule has 1 heterocycles. The molecule has 9 nitrogen and oxygen atoms in total. The third-order valence-corrected chi connectivity index (χ3v) is 6.70. The molecule has 2 aromatic carbocycles. The third kappa shape index (κ3) is 4.49. The lowest BCUT2D eigenvalue weighted by molar-refractivity contribution is -0.139. The molecule has 2 aliphatic carbocycles. The first-order chi connectivity index (χ1) is 16.9. The molecule has 1 unspecified atom stereocenters. The Balaban J connectivity index is 1.21. The van der Waals surface area contributed by atoms with Crippen LogP contribution in [0.4, 0.5) is 4.79 Å². The maximum Gasteiger partial charge on any atom is 0.407 e. The second-order valence-corrected chi connectivity index (χ2v) is 8.93. The highest BCUT2D eigenvalue weighted by Gasteiger charge is 2.38. The Labute approximate surface area is 202 Å². The highest BCUT2D eigenvalue weighted by atomic mass is 16.5. The molecular formula is C26H26N4O5. The van der Waals surface area contributed by atoms with E-state index >= 15 is 0 Å². The van der Waals surface area contributed by atoms with Crippen LogP contribution < -0.4 is 10.6 Å². The van der Waals surface area contributed by atoms with Gasteiger partial charge in [0.2, 0.25) is 0 Å². The number of nitrogens with zero attached hydrogens (tertiary/aromatic N) is 2. The molecule has 0 radical (unpaired) electrons. The number of aromatic nitrogens is 2. The number of hydrogen-bond acceptors (Lipinski definition) is 5. The Morgan fingerprint density at radius 1 is 1.09 bits per heavy atom. The average Bonchev–Trinajstić information content (AvgIpc) is 3.55. The molecule has 0 bridgehead atoms. The van der Waals surface area contributed by atoms with Gasteiger partial charge in [0.1, 0.15) is 12.6 Å². The number of benzene rings is 2. The van der Waals surface area contributed by atoms with Gasteiger partial charge in [0, 0.05) is 13.0 Å². The average molecular weight is 475 g/mol. The zero-order chi connectivity index (χ0) is 24.5. The van der Waals surface area contributed by atoms with E-state index in [1.165, 1.54) is 10.9 Å². The van der Waals surface area contributed by atoms with Crippen molar-refractivity contribution < 1.29 is 24.2 Å². The molecule has 3 aromatic rings. The molecule has 5 rings (SSSR count). The van der Waals surface area contributed by atoms with E-state index < -0.39 is 24.0 Å². The van der Waals surface area contributed by atoms with Gasteiger partial charge < -0.3 is 20.5 Å². The van der Waals surface area contributed by atoms with Crippen LogP contribution in [0.25, 0.3) is 11.1 Å². The van der Waals surface area contributed by atoms with Crippen molar-refractivity contribution in [3.63, 3.8) is 0 Å². The molecule has 1 atom stereocenters. The van der Waals surface area contributed by atoms with Crippen LogP contribution in [-0.4, -0.2) is 45.5 Å². The molecular weight excluding hydrogens is 448 g/mol. The van der Waals surface area contributed by atoms with Crippen molar-refractivity contribution in [2.45, 2.75) is 31.3 Å². The van der Waals surface area contributed by atoms with Crippen LogP contribution in [0.1, 0.15) is 45.9 Å². The minimum absolute atomic E-state index is 0.0110. The topological polar surface area (TPSA) is 123 Å². The number of alkyl carbamates (subject to hydrolysis) is 1. The molecule has 35 heavy (non-hydrogen) atoms. The first-order valence-corrected chi connectivity index (χ1v) is 11.6. The predicted molar refractivity (Wildman–Crippen MR) is 127 cm³/mol. The van der Waals surface area contributed by atoms with Gasteiger partial charge in [-0.1, -0.05) is 48.5 Å². The molecule has 2 aliphatic rings. The highest BCUT2D eigenvalue weighted by Crippen LogP contribution is 2.44. The maximum absolute atomic E-state index is 12.7. The van der Waals surface area contributed by atoms with E-state index in [1.807, 2.05) is 36.4 Å². The summed E-state index contributed by atoms with van der Waals surface area (Å²) in [5, 5.41) is 18.8. The Morgan fingerprint density at radius 2 is 1.71 bits per heavy atom. The maximum atomic E-state index is 12.7. The van der Waals surface area contributed by atoms with Gasteiger partial charge in [0.05, 0.1) is 24.0 Å². The molecule has 2 amide bonds. The van der Waals surface area contributed by atoms with Crippen molar-refractivity contribution in [1.82, 2.24) is 20.4 Å². The number of carbonyl (C=O) groups excluding carboxylic acids is 2. The van der Waals surface area contributed by atoms with E-state index in [0.717, 1.165) is 35.1 Å². The minimum atomic E-state index is -1.05. The number of fused-ring (bicyclic) bond motifs is 3. The molecule has 1 fully saturated rings. The van der Waals surface area contributed by atoms with Gasteiger partial charge in [-0.25, -0.2) is 9.59 Å². The number of carboxylic acids is 1. The predicted octanol–water partition coefficient (Wildman–Crippen LogP) is 3.05. The summed E-state index contributed by atoms with van der Waals surface area (Å²) in [7, 11) is 1.65. The van der Waals surface area contributed by atoms with Crippen molar-refractivity contribution >= 4 is 18.0 Å². The van der Waals surface area contributed by atoms with E-state index in [4.69, 9.17) is 4.74 Å². The summed E-state index contributed by atoms with van der Waals surface area (Å²) in [6.07, 6.45) is 2.32. The molecule has 1 saturated carbocycles. The van der Waals surface area contributed by atoms with Crippen molar-refractivity contribution in [3.05, 3.63) is 77.1 Å². The Kier molecular flexibility index (Phi) is 5.98. The zero-order valence-electron chi connectivity index (χ0n) is 19.2. The number of amides is 2. The van der Waals surface area contributed by atoms with Crippen LogP contribution in [0.3, 0.4) is 0 Å². The van der Waals surface area contributed by atoms with Gasteiger partial charge in [-0.3, -0.25) is 9.48 Å². The third-order valence-electron chi connectivity index (χ3n) is 6.70. The van der Waals surface area contributed by atoms with Crippen molar-refractivity contribution in [2.75, 3.05) is 6.61 Å². The Morgan fingerprint density at radius 3 is 2.31 bits per heavy atom. The van der Waals surface area contributed by atoms with Crippen LogP contribution in [0.15, 0.2) is 54.7 Å². The van der Waals surface area contributed by atoms with Crippen molar-refractivity contribution in [1.29, 1.82) is 0 Å². The number of carbonyl (C=O) groups is 3. The van der Waals surface area contributed by atoms with E-state index in [-0.39, 0.29) is 30.6 Å². The monoisotopic (exact) mass is 474 g/mol. The summed E-state index contributed by atoms with van der Waals surface area (Å²) >= 11 is 0. The van der Waals surface area contributed by atoms with E-state index in [9.17, 15) is 19.5 Å². The fraction of sp³-hybridized carbons (Fsp3) is 0.308. The van der Waals surface area contributed by atoms with Crippen LogP contribution >= 0.6 is 0 Å². The molecule has 9 heteroatoms. The summed E-state index contributed by atoms with van der Waals surface area (Å²) in [5.41, 5.74) is 5.21. The summed E-state index contributed by atoms with van der Waals surface area (Å²) in [6, 6.07) is 15.3. The van der Waals surface area contributed by atoms with Gasteiger partial charge in [0.25, 0.3) is 5.91 Å². The number of ether oxygens (including phenoxy) is 1. The standard InChI is InChI=1S/C26H26N4O5/c1-30-22(20(12-28-30)24(31)29-23(25(32)33)15-10-11-15)13-27-26(34)35-14-21-18-8-4-2-6-16(18)17-7-3-5-9-19(17)21/h2-9,12,15,21,23H,10-11,13-14H2,1H3,(H,27,34)(H,29,31)(H,32,33). The van der Waals surface area contributed by atoms with E-state index in [1.54, 1.807) is 7.05 Å². The largest absolute Gasteiger partial charge is 0.480 e. The fourth-order valence-electron chi connectivity index (χ4n) is 4.70. The molecule has 1 aromatic heterocycles. The summed E-state index contributed by atoms with van der Waals surface area (Å²) in [4.78, 5) is 36.7. The van der Waals surface area contributed by atoms with Crippen LogP contribution in [-0.2, 0) is 23.1 Å². The Bertz CT molecular complexity index is 1250. The lowest BCUT2D eigenvalue weighted by Crippen LogP contribution is -2.42. The smallest absolute Gasteiger partial charge is 0.407 e. The summed E-state index contributed by atoms with van der Waals surface area (Å²) < 4.78 is 7.03. The van der Waals surface area contributed by atoms with Gasteiger partial charge in [-0.2, -0.15) is 5.10 Å². The quantitative estimate of drug-likeness (QED) is 0.461. The number of hydrogen-bond donors (Lipinski definition) is 3. The Hall–Kier alpha value is -4.14. The number of rotatable bonds is 8. The lowest BCUT2D eigenvalue weighted by atomic mass is 9.98. The first kappa shape index (κ1) is 22.6. The van der Waals surface area contributed by atoms with Crippen molar-refractivity contribution in [2.24, 2.45) is 13.0 Å². The molecule has 3 N–H and O–H groups in total. The van der Waals surface area contributed by atoms with Crippen molar-refractivity contribution in [3.8, 4) is 11.1 Å². The number of aliphatic carboxylic acids is 1. The van der Waals surface area contributed by atoms with Gasteiger partial charge in [0.15, 0.2) is 0 Å². The molecule has 0 aliphatic heterocycles. The van der Waals surface area contributed by atoms with Crippen LogP contribution in [0.5, 0.6) is 0 Å². The highest BCUT2D eigenvalue weighted by molar-refractivity contribution is 5.97. The van der Waals surface area contributed by atoms with Gasteiger partial charge >= 0.3 is 12.1 Å². The molecule has 0 saturated heterocycles. The SMILES string of the molecule is Cn1ncc(C(=O)NC(C(=O)O)C2CC2)c1CNC(=O)OCC1c2ccccc2-c2ccccc21. The first-order valence-electron chi connectivity index (χ1n) is 11.6. The number of carboxylic acid groups (broad SMARTS) is 1. The van der Waals surface area contributed by atoms with Gasteiger partial charge in [-0.15, -0.1) is 0 Å². The second kappa shape index (κ2) is 9.25. The number of nitrogens with one attached hydrogen (secondary N) is 2. The minimum Gasteiger partial charge on any atom is -0.480 e.